The van der Waals surface area contributed by atoms with Gasteiger partial charge in [0.1, 0.15) is 16.9 Å². The van der Waals surface area contributed by atoms with Crippen molar-refractivity contribution in [1.29, 1.82) is 0 Å². The number of furan rings is 1. The minimum atomic E-state index is -0.315. The smallest absolute Gasteiger partial charge is 0.136 e. The summed E-state index contributed by atoms with van der Waals surface area (Å²) < 4.78 is 12.0. The molecule has 1 fully saturated rings. The Kier molecular flexibility index (Phi) is 3.33. The Balaban J connectivity index is 1.90. The van der Waals surface area contributed by atoms with E-state index >= 15 is 0 Å². The maximum atomic E-state index is 6.02. The van der Waals surface area contributed by atoms with Gasteiger partial charge in [0.25, 0.3) is 0 Å². The van der Waals surface area contributed by atoms with Gasteiger partial charge >= 0.3 is 0 Å². The van der Waals surface area contributed by atoms with Crippen LogP contribution in [0.4, 0.5) is 0 Å². The van der Waals surface area contributed by atoms with Crippen LogP contribution in [0.5, 0.6) is 0 Å². The highest BCUT2D eigenvalue weighted by atomic mass is 16.5. The zero-order valence-electron chi connectivity index (χ0n) is 11.6. The molecular formula is C16H21NO2. The fraction of sp³-hybridized carbons (Fsp3) is 0.500. The first kappa shape index (κ1) is 12.7. The number of ether oxygens (including phenoxy) is 1. The van der Waals surface area contributed by atoms with E-state index in [-0.39, 0.29) is 5.60 Å². The monoisotopic (exact) mass is 259 g/mol. The molecule has 3 rings (SSSR count). The normalized spacial score (nSPS) is 27.8. The first-order valence-electron chi connectivity index (χ1n) is 7.08. The van der Waals surface area contributed by atoms with E-state index in [2.05, 4.69) is 31.3 Å². The molecule has 0 spiro atoms. The van der Waals surface area contributed by atoms with Crippen molar-refractivity contribution in [2.24, 2.45) is 0 Å². The Hall–Kier alpha value is -1.32. The number of para-hydroxylation sites is 1. The standard InChI is InChI=1S/C16H21NO2/c1-3-17-13-8-9-18-16(2,11-13)15-10-12-6-4-5-7-14(12)19-15/h4-7,10,13,17H,3,8-9,11H2,1-2H3. The second kappa shape index (κ2) is 4.99. The fourth-order valence-electron chi connectivity index (χ4n) is 2.93. The van der Waals surface area contributed by atoms with E-state index in [4.69, 9.17) is 9.15 Å². The van der Waals surface area contributed by atoms with Crippen LogP contribution in [0.15, 0.2) is 34.7 Å². The molecule has 2 atom stereocenters. The average Bonchev–Trinajstić information content (AvgIpc) is 2.84. The lowest BCUT2D eigenvalue weighted by atomic mass is 9.89. The first-order valence-corrected chi connectivity index (χ1v) is 7.08. The summed E-state index contributed by atoms with van der Waals surface area (Å²) in [5.41, 5.74) is 0.622. The van der Waals surface area contributed by atoms with Gasteiger partial charge in [-0.05, 0) is 38.4 Å². The zero-order chi connectivity index (χ0) is 13.3. The maximum absolute atomic E-state index is 6.02. The molecule has 0 radical (unpaired) electrons. The van der Waals surface area contributed by atoms with Gasteiger partial charge in [-0.1, -0.05) is 25.1 Å². The second-order valence-corrected chi connectivity index (χ2v) is 5.48. The van der Waals surface area contributed by atoms with Crippen LogP contribution >= 0.6 is 0 Å². The van der Waals surface area contributed by atoms with E-state index in [1.165, 1.54) is 0 Å². The molecule has 0 aliphatic carbocycles. The minimum absolute atomic E-state index is 0.315. The van der Waals surface area contributed by atoms with Gasteiger partial charge in [0.05, 0.1) is 0 Å². The Morgan fingerprint density at radius 2 is 2.21 bits per heavy atom. The molecule has 0 bridgehead atoms. The quantitative estimate of drug-likeness (QED) is 0.917. The van der Waals surface area contributed by atoms with Crippen LogP contribution in [0.3, 0.4) is 0 Å². The third kappa shape index (κ3) is 2.40. The summed E-state index contributed by atoms with van der Waals surface area (Å²) in [6, 6.07) is 10.7. The molecule has 2 heterocycles. The van der Waals surface area contributed by atoms with E-state index in [1.807, 2.05) is 18.2 Å². The van der Waals surface area contributed by atoms with Crippen molar-refractivity contribution >= 4 is 11.0 Å². The molecule has 2 unspecified atom stereocenters. The zero-order valence-corrected chi connectivity index (χ0v) is 11.6. The molecule has 1 N–H and O–H groups in total. The van der Waals surface area contributed by atoms with Crippen molar-refractivity contribution in [2.75, 3.05) is 13.2 Å². The molecule has 102 valence electrons. The predicted octanol–water partition coefficient (Wildman–Crippen LogP) is 3.44. The third-order valence-electron chi connectivity index (χ3n) is 3.96. The Bertz CT molecular complexity index is 528. The van der Waals surface area contributed by atoms with E-state index < -0.39 is 0 Å². The van der Waals surface area contributed by atoms with Crippen LogP contribution in [0.25, 0.3) is 11.0 Å². The van der Waals surface area contributed by atoms with Crippen molar-refractivity contribution in [3.63, 3.8) is 0 Å². The minimum Gasteiger partial charge on any atom is -0.458 e. The van der Waals surface area contributed by atoms with Crippen LogP contribution in [0.2, 0.25) is 0 Å². The van der Waals surface area contributed by atoms with Crippen molar-refractivity contribution in [3.8, 4) is 0 Å². The fourth-order valence-corrected chi connectivity index (χ4v) is 2.93. The van der Waals surface area contributed by atoms with Crippen LogP contribution in [-0.2, 0) is 10.3 Å². The van der Waals surface area contributed by atoms with Gasteiger partial charge in [-0.25, -0.2) is 0 Å². The molecule has 1 aliphatic heterocycles. The maximum Gasteiger partial charge on any atom is 0.136 e. The summed E-state index contributed by atoms with van der Waals surface area (Å²) in [4.78, 5) is 0. The number of hydrogen-bond acceptors (Lipinski definition) is 3. The third-order valence-corrected chi connectivity index (χ3v) is 3.96. The van der Waals surface area contributed by atoms with Crippen molar-refractivity contribution in [3.05, 3.63) is 36.1 Å². The summed E-state index contributed by atoms with van der Waals surface area (Å²) in [6.07, 6.45) is 2.03. The molecule has 0 saturated carbocycles. The lowest BCUT2D eigenvalue weighted by molar-refractivity contribution is -0.0927. The molecular weight excluding hydrogens is 238 g/mol. The molecule has 0 amide bonds. The number of hydrogen-bond donors (Lipinski definition) is 1. The van der Waals surface area contributed by atoms with Crippen molar-refractivity contribution in [2.45, 2.75) is 38.3 Å². The summed E-state index contributed by atoms with van der Waals surface area (Å²) in [5.74, 6) is 0.941. The van der Waals surface area contributed by atoms with Gasteiger partial charge in [0.15, 0.2) is 0 Å². The van der Waals surface area contributed by atoms with Crippen molar-refractivity contribution in [1.82, 2.24) is 5.32 Å². The topological polar surface area (TPSA) is 34.4 Å². The lowest BCUT2D eigenvalue weighted by Crippen LogP contribution is -2.43. The molecule has 3 nitrogen and oxygen atoms in total. The summed E-state index contributed by atoms with van der Waals surface area (Å²) in [6.45, 7) is 6.06. The van der Waals surface area contributed by atoms with Gasteiger partial charge < -0.3 is 14.5 Å². The number of rotatable bonds is 3. The van der Waals surface area contributed by atoms with E-state index in [0.717, 1.165) is 42.7 Å². The molecule has 19 heavy (non-hydrogen) atoms. The molecule has 1 aromatic heterocycles. The number of benzene rings is 1. The molecule has 1 saturated heterocycles. The predicted molar refractivity (Wildman–Crippen MR) is 76.2 cm³/mol. The first-order chi connectivity index (χ1) is 9.21. The van der Waals surface area contributed by atoms with Crippen LogP contribution in [0.1, 0.15) is 32.4 Å². The van der Waals surface area contributed by atoms with Crippen LogP contribution in [0, 0.1) is 0 Å². The van der Waals surface area contributed by atoms with Crippen LogP contribution in [-0.4, -0.2) is 19.2 Å². The summed E-state index contributed by atoms with van der Waals surface area (Å²) in [5, 5.41) is 4.67. The molecule has 1 aliphatic rings. The Labute approximate surface area is 113 Å². The average molecular weight is 259 g/mol. The SMILES string of the molecule is CCNC1CCOC(C)(c2cc3ccccc3o2)C1. The van der Waals surface area contributed by atoms with Gasteiger partial charge in [-0.15, -0.1) is 0 Å². The van der Waals surface area contributed by atoms with Crippen molar-refractivity contribution < 1.29 is 9.15 Å². The summed E-state index contributed by atoms with van der Waals surface area (Å²) >= 11 is 0. The second-order valence-electron chi connectivity index (χ2n) is 5.48. The van der Waals surface area contributed by atoms with Gasteiger partial charge in [-0.3, -0.25) is 0 Å². The van der Waals surface area contributed by atoms with Crippen LogP contribution < -0.4 is 5.32 Å². The van der Waals surface area contributed by atoms with E-state index in [0.29, 0.717) is 6.04 Å². The summed E-state index contributed by atoms with van der Waals surface area (Å²) in [7, 11) is 0. The highest BCUT2D eigenvalue weighted by molar-refractivity contribution is 5.77. The lowest BCUT2D eigenvalue weighted by Gasteiger charge is -2.37. The van der Waals surface area contributed by atoms with Gasteiger partial charge in [0.2, 0.25) is 0 Å². The molecule has 1 aromatic carbocycles. The number of fused-ring (bicyclic) bond motifs is 1. The van der Waals surface area contributed by atoms with E-state index in [9.17, 15) is 0 Å². The Morgan fingerprint density at radius 3 is 3.00 bits per heavy atom. The Morgan fingerprint density at radius 1 is 1.37 bits per heavy atom. The van der Waals surface area contributed by atoms with E-state index in [1.54, 1.807) is 0 Å². The molecule has 3 heteroatoms. The largest absolute Gasteiger partial charge is 0.458 e. The van der Waals surface area contributed by atoms with Gasteiger partial charge in [-0.2, -0.15) is 0 Å². The highest BCUT2D eigenvalue weighted by Gasteiger charge is 2.37. The molecule has 2 aromatic rings. The number of nitrogens with one attached hydrogen (secondary N) is 1. The van der Waals surface area contributed by atoms with Gasteiger partial charge in [0, 0.05) is 18.0 Å². The highest BCUT2D eigenvalue weighted by Crippen LogP contribution is 2.37.